The zero-order valence-corrected chi connectivity index (χ0v) is 12.8. The van der Waals surface area contributed by atoms with Gasteiger partial charge in [0.25, 0.3) is 0 Å². The zero-order chi connectivity index (χ0) is 15.2. The second-order valence-corrected chi connectivity index (χ2v) is 5.14. The minimum Gasteiger partial charge on any atom is -0.490 e. The van der Waals surface area contributed by atoms with E-state index in [1.165, 1.54) is 17.2 Å². The van der Waals surface area contributed by atoms with Gasteiger partial charge in [-0.2, -0.15) is 0 Å². The molecule has 1 heterocycles. The van der Waals surface area contributed by atoms with Gasteiger partial charge in [0.05, 0.1) is 6.61 Å². The number of nitrogens with one attached hydrogen (secondary N) is 1. The normalized spacial score (nSPS) is 16.4. The molecule has 1 aromatic carbocycles. The fourth-order valence-corrected chi connectivity index (χ4v) is 2.24. The first kappa shape index (κ1) is 15.6. The highest BCUT2D eigenvalue weighted by Gasteiger charge is 2.24. The highest BCUT2D eigenvalue weighted by atomic mass is 16.6. The van der Waals surface area contributed by atoms with Crippen LogP contribution in [0.2, 0.25) is 0 Å². The lowest BCUT2D eigenvalue weighted by atomic mass is 10.0. The van der Waals surface area contributed by atoms with Crippen LogP contribution in [0.1, 0.15) is 30.5 Å². The number of carbonyl (C=O) groups excluding carboxylic acids is 1. The van der Waals surface area contributed by atoms with Crippen molar-refractivity contribution in [2.24, 2.45) is 0 Å². The number of carbonyl (C=O) groups is 1. The van der Waals surface area contributed by atoms with Gasteiger partial charge >= 0.3 is 0 Å². The van der Waals surface area contributed by atoms with Gasteiger partial charge in [-0.05, 0) is 35.6 Å². The third-order valence-corrected chi connectivity index (χ3v) is 3.53. The largest absolute Gasteiger partial charge is 0.490 e. The number of rotatable bonds is 8. The molecule has 1 N–H and O–H groups in total. The minimum atomic E-state index is -0.155. The van der Waals surface area contributed by atoms with Gasteiger partial charge in [-0.1, -0.05) is 32.6 Å². The van der Waals surface area contributed by atoms with Gasteiger partial charge < -0.3 is 14.8 Å². The molecule has 21 heavy (non-hydrogen) atoms. The molecule has 0 bridgehead atoms. The van der Waals surface area contributed by atoms with Crippen LogP contribution in [0.25, 0.3) is 0 Å². The standard InChI is InChI=1S/C17H23NO3/c1-4-13-7-12(9-18-16(19)6-3)8-14(5-2)17(13)21-11-15-10-20-15/h6-8,15H,3-5,9-11H2,1-2H3,(H,18,19). The van der Waals surface area contributed by atoms with E-state index in [0.717, 1.165) is 30.8 Å². The van der Waals surface area contributed by atoms with E-state index < -0.39 is 0 Å². The van der Waals surface area contributed by atoms with Gasteiger partial charge in [0.1, 0.15) is 18.5 Å². The molecule has 0 radical (unpaired) electrons. The van der Waals surface area contributed by atoms with Crippen LogP contribution in [0, 0.1) is 0 Å². The summed E-state index contributed by atoms with van der Waals surface area (Å²) >= 11 is 0. The van der Waals surface area contributed by atoms with Crippen LogP contribution in [0.15, 0.2) is 24.8 Å². The summed E-state index contributed by atoms with van der Waals surface area (Å²) in [5, 5.41) is 2.81. The van der Waals surface area contributed by atoms with Crippen LogP contribution in [-0.4, -0.2) is 25.2 Å². The summed E-state index contributed by atoms with van der Waals surface area (Å²) in [5.41, 5.74) is 3.45. The Hall–Kier alpha value is -1.81. The van der Waals surface area contributed by atoms with Gasteiger partial charge in [-0.3, -0.25) is 4.79 Å². The highest BCUT2D eigenvalue weighted by molar-refractivity contribution is 5.86. The number of benzene rings is 1. The molecular weight excluding hydrogens is 266 g/mol. The molecule has 0 spiro atoms. The predicted molar refractivity (Wildman–Crippen MR) is 82.5 cm³/mol. The van der Waals surface area contributed by atoms with Crippen molar-refractivity contribution in [1.82, 2.24) is 5.32 Å². The van der Waals surface area contributed by atoms with Crippen molar-refractivity contribution in [2.75, 3.05) is 13.2 Å². The van der Waals surface area contributed by atoms with E-state index >= 15 is 0 Å². The smallest absolute Gasteiger partial charge is 0.243 e. The summed E-state index contributed by atoms with van der Waals surface area (Å²) in [5.74, 6) is 0.826. The number of epoxide rings is 1. The average molecular weight is 289 g/mol. The molecule has 1 amide bonds. The van der Waals surface area contributed by atoms with E-state index in [2.05, 4.69) is 37.9 Å². The summed E-state index contributed by atoms with van der Waals surface area (Å²) in [4.78, 5) is 11.3. The Balaban J connectivity index is 2.15. The van der Waals surface area contributed by atoms with Crippen LogP contribution >= 0.6 is 0 Å². The van der Waals surface area contributed by atoms with Crippen LogP contribution < -0.4 is 10.1 Å². The SMILES string of the molecule is C=CC(=O)NCc1cc(CC)c(OCC2CO2)c(CC)c1. The number of aryl methyl sites for hydroxylation is 2. The molecule has 1 aromatic rings. The number of hydrogen-bond donors (Lipinski definition) is 1. The van der Waals surface area contributed by atoms with Crippen molar-refractivity contribution in [1.29, 1.82) is 0 Å². The van der Waals surface area contributed by atoms with Crippen LogP contribution in [0.4, 0.5) is 0 Å². The number of amides is 1. The van der Waals surface area contributed by atoms with E-state index in [1.54, 1.807) is 0 Å². The molecule has 0 saturated carbocycles. The average Bonchev–Trinajstić information content (AvgIpc) is 3.34. The highest BCUT2D eigenvalue weighted by Crippen LogP contribution is 2.28. The molecular formula is C17H23NO3. The Morgan fingerprint density at radius 1 is 1.43 bits per heavy atom. The number of hydrogen-bond acceptors (Lipinski definition) is 3. The van der Waals surface area contributed by atoms with Gasteiger partial charge in [-0.15, -0.1) is 0 Å². The zero-order valence-electron chi connectivity index (χ0n) is 12.8. The van der Waals surface area contributed by atoms with Gasteiger partial charge in [0.15, 0.2) is 0 Å². The first-order valence-electron chi connectivity index (χ1n) is 7.47. The van der Waals surface area contributed by atoms with E-state index in [9.17, 15) is 4.79 Å². The maximum Gasteiger partial charge on any atom is 0.243 e. The van der Waals surface area contributed by atoms with Crippen molar-refractivity contribution in [3.05, 3.63) is 41.5 Å². The van der Waals surface area contributed by atoms with Crippen LogP contribution in [-0.2, 0) is 28.9 Å². The molecule has 1 saturated heterocycles. The Morgan fingerprint density at radius 3 is 2.52 bits per heavy atom. The third-order valence-electron chi connectivity index (χ3n) is 3.53. The molecule has 4 heteroatoms. The lowest BCUT2D eigenvalue weighted by Gasteiger charge is -2.16. The molecule has 114 valence electrons. The van der Waals surface area contributed by atoms with E-state index in [-0.39, 0.29) is 12.0 Å². The molecule has 2 rings (SSSR count). The molecule has 0 aromatic heterocycles. The monoisotopic (exact) mass is 289 g/mol. The van der Waals surface area contributed by atoms with E-state index in [4.69, 9.17) is 9.47 Å². The fourth-order valence-electron chi connectivity index (χ4n) is 2.24. The van der Waals surface area contributed by atoms with Gasteiger partial charge in [0.2, 0.25) is 5.91 Å². The molecule has 0 aliphatic carbocycles. The van der Waals surface area contributed by atoms with Crippen molar-refractivity contribution in [3.63, 3.8) is 0 Å². The topological polar surface area (TPSA) is 50.9 Å². The summed E-state index contributed by atoms with van der Waals surface area (Å²) < 4.78 is 11.1. The van der Waals surface area contributed by atoms with Crippen LogP contribution in [0.5, 0.6) is 5.75 Å². The van der Waals surface area contributed by atoms with Crippen molar-refractivity contribution in [3.8, 4) is 5.75 Å². The first-order valence-corrected chi connectivity index (χ1v) is 7.47. The maximum atomic E-state index is 11.3. The molecule has 4 nitrogen and oxygen atoms in total. The Morgan fingerprint density at radius 2 is 2.05 bits per heavy atom. The Labute approximate surface area is 126 Å². The second kappa shape index (κ2) is 7.27. The summed E-state index contributed by atoms with van der Waals surface area (Å²) in [6.07, 6.45) is 3.34. The van der Waals surface area contributed by atoms with Gasteiger partial charge in [-0.25, -0.2) is 0 Å². The maximum absolute atomic E-state index is 11.3. The molecule has 1 unspecified atom stereocenters. The van der Waals surface area contributed by atoms with E-state index in [0.29, 0.717) is 13.2 Å². The number of ether oxygens (including phenoxy) is 2. The minimum absolute atomic E-state index is 0.155. The Kier molecular flexibility index (Phi) is 5.39. The summed E-state index contributed by atoms with van der Waals surface area (Å²) in [6.45, 7) is 9.61. The van der Waals surface area contributed by atoms with Crippen molar-refractivity contribution < 1.29 is 14.3 Å². The summed E-state index contributed by atoms with van der Waals surface area (Å²) in [6, 6.07) is 4.21. The quantitative estimate of drug-likeness (QED) is 0.590. The third kappa shape index (κ3) is 4.33. The van der Waals surface area contributed by atoms with Crippen molar-refractivity contribution >= 4 is 5.91 Å². The lowest BCUT2D eigenvalue weighted by molar-refractivity contribution is -0.116. The molecule has 1 aliphatic rings. The molecule has 1 fully saturated rings. The predicted octanol–water partition coefficient (Wildman–Crippen LogP) is 2.39. The summed E-state index contributed by atoms with van der Waals surface area (Å²) in [7, 11) is 0. The first-order chi connectivity index (χ1) is 10.2. The molecule has 1 aliphatic heterocycles. The fraction of sp³-hybridized carbons (Fsp3) is 0.471. The molecule has 1 atom stereocenters. The van der Waals surface area contributed by atoms with Gasteiger partial charge in [0, 0.05) is 6.54 Å². The Bertz CT molecular complexity index is 496. The van der Waals surface area contributed by atoms with E-state index in [1.807, 2.05) is 0 Å². The van der Waals surface area contributed by atoms with Crippen LogP contribution in [0.3, 0.4) is 0 Å². The second-order valence-electron chi connectivity index (χ2n) is 5.14. The lowest BCUT2D eigenvalue weighted by Crippen LogP contribution is -2.20. The van der Waals surface area contributed by atoms with Crippen molar-refractivity contribution in [2.45, 2.75) is 39.3 Å².